The summed E-state index contributed by atoms with van der Waals surface area (Å²) >= 11 is 1.79. The minimum absolute atomic E-state index is 0.140. The number of hydrogen-bond donors (Lipinski definition) is 2. The standard InChI is InChI=1S/C13H27N3O2S2/c1-16(10-4-9-14-12-5-6-12)20(17,18)15-11-13(19-2)7-3-8-13/h12,14-15H,3-11H2,1-2H3. The van der Waals surface area contributed by atoms with E-state index in [4.69, 9.17) is 0 Å². The van der Waals surface area contributed by atoms with Gasteiger partial charge in [0, 0.05) is 30.9 Å². The molecule has 2 N–H and O–H groups in total. The molecule has 0 unspecified atom stereocenters. The van der Waals surface area contributed by atoms with Crippen LogP contribution in [0.3, 0.4) is 0 Å². The third kappa shape index (κ3) is 4.59. The molecule has 2 rings (SSSR count). The second-order valence-electron chi connectivity index (χ2n) is 5.97. The Morgan fingerprint density at radius 2 is 2.05 bits per heavy atom. The Bertz CT molecular complexity index is 400. The first-order chi connectivity index (χ1) is 9.47. The average molecular weight is 322 g/mol. The molecule has 0 saturated heterocycles. The lowest BCUT2D eigenvalue weighted by Gasteiger charge is -2.40. The zero-order chi connectivity index (χ0) is 14.6. The second kappa shape index (κ2) is 6.96. The van der Waals surface area contributed by atoms with Crippen LogP contribution in [-0.2, 0) is 10.2 Å². The zero-order valence-electron chi connectivity index (χ0n) is 12.5. The van der Waals surface area contributed by atoms with Crippen molar-refractivity contribution < 1.29 is 8.42 Å². The van der Waals surface area contributed by atoms with Gasteiger partial charge in [-0.3, -0.25) is 0 Å². The molecule has 0 aliphatic heterocycles. The van der Waals surface area contributed by atoms with Crippen LogP contribution >= 0.6 is 11.8 Å². The molecule has 2 fully saturated rings. The van der Waals surface area contributed by atoms with Crippen molar-refractivity contribution in [1.29, 1.82) is 0 Å². The minimum atomic E-state index is -3.32. The summed E-state index contributed by atoms with van der Waals surface area (Å²) in [6, 6.07) is 0.690. The van der Waals surface area contributed by atoms with E-state index in [9.17, 15) is 8.42 Å². The summed E-state index contributed by atoms with van der Waals surface area (Å²) in [6.45, 7) is 2.03. The first kappa shape index (κ1) is 16.5. The van der Waals surface area contributed by atoms with Crippen LogP contribution in [0.2, 0.25) is 0 Å². The summed E-state index contributed by atoms with van der Waals surface area (Å²) in [5.41, 5.74) is 0. The lowest BCUT2D eigenvalue weighted by Crippen LogP contribution is -2.48. The van der Waals surface area contributed by atoms with Gasteiger partial charge in [-0.05, 0) is 44.9 Å². The van der Waals surface area contributed by atoms with Crippen LogP contribution in [0.15, 0.2) is 0 Å². The zero-order valence-corrected chi connectivity index (χ0v) is 14.2. The topological polar surface area (TPSA) is 61.4 Å². The van der Waals surface area contributed by atoms with Crippen LogP contribution in [0.1, 0.15) is 38.5 Å². The molecule has 0 spiro atoms. The molecule has 0 amide bonds. The van der Waals surface area contributed by atoms with E-state index in [0.717, 1.165) is 25.8 Å². The molecular formula is C13H27N3O2S2. The summed E-state index contributed by atoms with van der Waals surface area (Å²) in [4.78, 5) is 0. The molecule has 2 aliphatic carbocycles. The van der Waals surface area contributed by atoms with Crippen LogP contribution in [0, 0.1) is 0 Å². The van der Waals surface area contributed by atoms with Crippen molar-refractivity contribution in [3.8, 4) is 0 Å². The normalized spacial score (nSPS) is 21.9. The van der Waals surface area contributed by atoms with Crippen LogP contribution in [-0.4, -0.2) is 56.4 Å². The molecule has 0 atom stereocenters. The minimum Gasteiger partial charge on any atom is -0.314 e. The Kier molecular flexibility index (Phi) is 5.76. The van der Waals surface area contributed by atoms with Crippen molar-refractivity contribution in [1.82, 2.24) is 14.3 Å². The third-order valence-corrected chi connectivity index (χ3v) is 7.28. The molecule has 20 heavy (non-hydrogen) atoms. The highest BCUT2D eigenvalue weighted by Crippen LogP contribution is 2.42. The maximum absolute atomic E-state index is 12.2. The molecule has 2 aliphatic rings. The fourth-order valence-electron chi connectivity index (χ4n) is 2.37. The molecule has 2 saturated carbocycles. The predicted octanol–water partition coefficient (Wildman–Crippen LogP) is 1.18. The quantitative estimate of drug-likeness (QED) is 0.593. The van der Waals surface area contributed by atoms with E-state index in [2.05, 4.69) is 16.3 Å². The lowest BCUT2D eigenvalue weighted by atomic mass is 9.84. The van der Waals surface area contributed by atoms with Gasteiger partial charge in [-0.25, -0.2) is 4.72 Å². The van der Waals surface area contributed by atoms with E-state index in [-0.39, 0.29) is 4.75 Å². The molecule has 118 valence electrons. The Balaban J connectivity index is 1.67. The van der Waals surface area contributed by atoms with Crippen molar-refractivity contribution >= 4 is 22.0 Å². The van der Waals surface area contributed by atoms with Gasteiger partial charge in [-0.1, -0.05) is 6.42 Å². The molecule has 0 bridgehead atoms. The van der Waals surface area contributed by atoms with Crippen LogP contribution in [0.5, 0.6) is 0 Å². The molecular weight excluding hydrogens is 294 g/mol. The fourth-order valence-corrected chi connectivity index (χ4v) is 4.43. The molecule has 0 aromatic heterocycles. The highest BCUT2D eigenvalue weighted by atomic mass is 32.2. The summed E-state index contributed by atoms with van der Waals surface area (Å²) in [6.07, 6.45) is 8.92. The molecule has 7 heteroatoms. The predicted molar refractivity (Wildman–Crippen MR) is 85.3 cm³/mol. The number of nitrogens with zero attached hydrogens (tertiary/aromatic N) is 1. The molecule has 5 nitrogen and oxygen atoms in total. The van der Waals surface area contributed by atoms with Gasteiger partial charge < -0.3 is 5.32 Å². The van der Waals surface area contributed by atoms with Crippen molar-refractivity contribution in [2.75, 3.05) is 32.9 Å². The first-order valence-electron chi connectivity index (χ1n) is 7.47. The van der Waals surface area contributed by atoms with Gasteiger partial charge in [0.1, 0.15) is 0 Å². The largest absolute Gasteiger partial charge is 0.314 e. The average Bonchev–Trinajstić information content (AvgIpc) is 3.17. The molecule has 0 aromatic rings. The molecule has 0 aromatic carbocycles. The van der Waals surface area contributed by atoms with E-state index >= 15 is 0 Å². The van der Waals surface area contributed by atoms with Crippen molar-refractivity contribution in [3.63, 3.8) is 0 Å². The van der Waals surface area contributed by atoms with E-state index in [1.807, 2.05) is 0 Å². The highest BCUT2D eigenvalue weighted by molar-refractivity contribution is 8.00. The number of rotatable bonds is 10. The highest BCUT2D eigenvalue weighted by Gasteiger charge is 2.37. The second-order valence-corrected chi connectivity index (χ2v) is 9.11. The Morgan fingerprint density at radius 3 is 2.55 bits per heavy atom. The van der Waals surface area contributed by atoms with Crippen molar-refractivity contribution in [3.05, 3.63) is 0 Å². The summed E-state index contributed by atoms with van der Waals surface area (Å²) < 4.78 is 28.7. The van der Waals surface area contributed by atoms with Gasteiger partial charge in [0.2, 0.25) is 0 Å². The van der Waals surface area contributed by atoms with Gasteiger partial charge in [-0.2, -0.15) is 24.5 Å². The number of hydrogen-bond acceptors (Lipinski definition) is 4. The van der Waals surface area contributed by atoms with Gasteiger partial charge >= 0.3 is 0 Å². The smallest absolute Gasteiger partial charge is 0.279 e. The Morgan fingerprint density at radius 1 is 1.35 bits per heavy atom. The van der Waals surface area contributed by atoms with Gasteiger partial charge in [0.05, 0.1) is 0 Å². The van der Waals surface area contributed by atoms with E-state index in [1.54, 1.807) is 18.8 Å². The summed E-state index contributed by atoms with van der Waals surface area (Å²) in [5.74, 6) is 0. The maximum atomic E-state index is 12.2. The monoisotopic (exact) mass is 321 g/mol. The summed E-state index contributed by atoms with van der Waals surface area (Å²) in [5, 5.41) is 3.40. The number of nitrogens with one attached hydrogen (secondary N) is 2. The van der Waals surface area contributed by atoms with Crippen molar-refractivity contribution in [2.45, 2.75) is 49.3 Å². The summed E-state index contributed by atoms with van der Waals surface area (Å²) in [7, 11) is -1.66. The van der Waals surface area contributed by atoms with E-state index in [1.165, 1.54) is 23.6 Å². The SMILES string of the molecule is CSC1(CNS(=O)(=O)N(C)CCCNC2CC2)CCC1. The Labute approximate surface area is 127 Å². The van der Waals surface area contributed by atoms with Gasteiger partial charge in [-0.15, -0.1) is 0 Å². The lowest BCUT2D eigenvalue weighted by molar-refractivity contribution is 0.356. The van der Waals surface area contributed by atoms with Crippen LogP contribution in [0.4, 0.5) is 0 Å². The number of thioether (sulfide) groups is 1. The van der Waals surface area contributed by atoms with Gasteiger partial charge in [0.15, 0.2) is 0 Å². The molecule has 0 radical (unpaired) electrons. The first-order valence-corrected chi connectivity index (χ1v) is 10.1. The van der Waals surface area contributed by atoms with Crippen LogP contribution in [0.25, 0.3) is 0 Å². The van der Waals surface area contributed by atoms with Gasteiger partial charge in [0.25, 0.3) is 10.2 Å². The molecule has 0 heterocycles. The van der Waals surface area contributed by atoms with Crippen LogP contribution < -0.4 is 10.0 Å². The third-order valence-electron chi connectivity index (χ3n) is 4.35. The maximum Gasteiger partial charge on any atom is 0.279 e. The Hall–Kier alpha value is 0.180. The van der Waals surface area contributed by atoms with E-state index in [0.29, 0.717) is 19.1 Å². The fraction of sp³-hybridized carbons (Fsp3) is 1.00. The van der Waals surface area contributed by atoms with Crippen molar-refractivity contribution in [2.24, 2.45) is 0 Å². The van der Waals surface area contributed by atoms with E-state index < -0.39 is 10.2 Å².